The number of anilines is 1. The zero-order chi connectivity index (χ0) is 26.4. The van der Waals surface area contributed by atoms with Crippen molar-refractivity contribution in [3.63, 3.8) is 0 Å². The first-order chi connectivity index (χ1) is 17.8. The van der Waals surface area contributed by atoms with E-state index in [0.29, 0.717) is 16.7 Å². The Hall–Kier alpha value is -5.25. The molecule has 10 heteroatoms. The minimum atomic E-state index is -0.710. The topological polar surface area (TPSA) is 149 Å². The van der Waals surface area contributed by atoms with Gasteiger partial charge < -0.3 is 25.1 Å². The monoisotopic (exact) mass is 497 g/mol. The quantitative estimate of drug-likeness (QED) is 0.112. The number of ether oxygens (including phenoxy) is 1. The molecule has 0 saturated carbocycles. The number of esters is 1. The number of hydrogen-bond acceptors (Lipinski definition) is 7. The second-order valence-electron chi connectivity index (χ2n) is 8.00. The Morgan fingerprint density at radius 2 is 1.84 bits per heavy atom. The lowest BCUT2D eigenvalue weighted by Gasteiger charge is -2.07. The van der Waals surface area contributed by atoms with Gasteiger partial charge in [0.15, 0.2) is 5.70 Å². The Kier molecular flexibility index (Phi) is 7.39. The van der Waals surface area contributed by atoms with E-state index >= 15 is 0 Å². The van der Waals surface area contributed by atoms with E-state index in [-0.39, 0.29) is 35.0 Å². The number of allylic oxidation sites excluding steroid dienone is 1. The number of aliphatic hydroxyl groups excluding tert-OH is 1. The lowest BCUT2D eigenvalue weighted by molar-refractivity contribution is -0.113. The summed E-state index contributed by atoms with van der Waals surface area (Å²) in [5.74, 6) is -1.61. The highest BCUT2D eigenvalue weighted by atomic mass is 16.5. The Morgan fingerprint density at radius 3 is 2.62 bits per heavy atom. The summed E-state index contributed by atoms with van der Waals surface area (Å²) < 4.78 is 5.39. The van der Waals surface area contributed by atoms with Gasteiger partial charge in [0.1, 0.15) is 12.4 Å². The van der Waals surface area contributed by atoms with Crippen LogP contribution in [0, 0.1) is 0 Å². The maximum Gasteiger partial charge on any atom is 0.338 e. The molecule has 1 amide bonds. The number of aromatic amines is 2. The molecule has 1 aromatic heterocycles. The first-order valence-electron chi connectivity index (χ1n) is 11.2. The predicted octanol–water partition coefficient (Wildman–Crippen LogP) is 5.37. The number of nitrogens with one attached hydrogen (secondary N) is 3. The number of imidazole rings is 1. The highest BCUT2D eigenvalue weighted by Crippen LogP contribution is 2.20. The van der Waals surface area contributed by atoms with Crippen molar-refractivity contribution in [2.75, 3.05) is 5.32 Å². The van der Waals surface area contributed by atoms with Crippen molar-refractivity contribution < 1.29 is 19.4 Å². The van der Waals surface area contributed by atoms with Crippen LogP contribution in [0.5, 0.6) is 0 Å². The van der Waals surface area contributed by atoms with Crippen LogP contribution >= 0.6 is 0 Å². The highest BCUT2D eigenvalue weighted by Gasteiger charge is 2.15. The Balaban J connectivity index is 1.44. The van der Waals surface area contributed by atoms with Gasteiger partial charge in [-0.05, 0) is 60.5 Å². The lowest BCUT2D eigenvalue weighted by atomic mass is 10.1. The molecule has 4 aromatic rings. The molecule has 0 aliphatic rings. The molecule has 4 N–H and O–H groups in total. The fourth-order valence-electron chi connectivity index (χ4n) is 3.43. The number of amides is 1. The maximum absolute atomic E-state index is 12.7. The fourth-order valence-corrected chi connectivity index (χ4v) is 3.43. The molecule has 3 aromatic carbocycles. The zero-order valence-corrected chi connectivity index (χ0v) is 19.8. The van der Waals surface area contributed by atoms with Gasteiger partial charge in [0, 0.05) is 5.69 Å². The normalized spacial score (nSPS) is 11.8. The summed E-state index contributed by atoms with van der Waals surface area (Å²) in [7, 11) is 0. The standard InChI is InChI=1S/C27H23N5O5/c1-3-17-6-4-7-18(12-17)15-37-26(35)19-8-5-9-21(13-19)31-32-24(16(2)33)25(34)28-20-10-11-22-23(14-20)30-27(36)29-22/h3-14,33H,1,15H2,2H3,(H,28,34)(H2,29,30,36)/b24-16+,32-31?. The number of azo groups is 1. The van der Waals surface area contributed by atoms with Gasteiger partial charge in [0.05, 0.1) is 22.3 Å². The van der Waals surface area contributed by atoms with Gasteiger partial charge in [-0.25, -0.2) is 9.59 Å². The maximum atomic E-state index is 12.7. The molecule has 0 atom stereocenters. The lowest BCUT2D eigenvalue weighted by Crippen LogP contribution is -2.14. The van der Waals surface area contributed by atoms with Gasteiger partial charge in [-0.1, -0.05) is 36.9 Å². The van der Waals surface area contributed by atoms with Gasteiger partial charge in [0.25, 0.3) is 5.91 Å². The summed E-state index contributed by atoms with van der Waals surface area (Å²) in [6.45, 7) is 5.12. The Labute approximate surface area is 211 Å². The summed E-state index contributed by atoms with van der Waals surface area (Å²) in [4.78, 5) is 41.9. The average molecular weight is 498 g/mol. The van der Waals surface area contributed by atoms with Crippen molar-refractivity contribution in [2.45, 2.75) is 13.5 Å². The van der Waals surface area contributed by atoms with E-state index in [2.05, 4.69) is 32.1 Å². The number of carbonyl (C=O) groups is 2. The number of H-pyrrole nitrogens is 2. The number of hydrogen-bond donors (Lipinski definition) is 4. The first kappa shape index (κ1) is 24.9. The second kappa shape index (κ2) is 11.0. The molecule has 10 nitrogen and oxygen atoms in total. The predicted molar refractivity (Wildman–Crippen MR) is 139 cm³/mol. The fraction of sp³-hybridized carbons (Fsp3) is 0.0741. The molecule has 0 radical (unpaired) electrons. The third kappa shape index (κ3) is 6.25. The number of fused-ring (bicyclic) bond motifs is 1. The third-order valence-electron chi connectivity index (χ3n) is 5.24. The van der Waals surface area contributed by atoms with Crippen molar-refractivity contribution in [3.8, 4) is 0 Å². The van der Waals surface area contributed by atoms with Crippen molar-refractivity contribution in [1.82, 2.24) is 9.97 Å². The van der Waals surface area contributed by atoms with Crippen LogP contribution in [0.4, 0.5) is 11.4 Å². The van der Waals surface area contributed by atoms with Crippen molar-refractivity contribution in [2.24, 2.45) is 10.2 Å². The van der Waals surface area contributed by atoms with Crippen molar-refractivity contribution in [1.29, 1.82) is 0 Å². The SMILES string of the molecule is C=Cc1cccc(COC(=O)c2cccc(N=N/C(C(=O)Nc3ccc4[nH]c(=O)[nH]c4c3)=C(\C)O)c2)c1. The minimum Gasteiger partial charge on any atom is -0.510 e. The largest absolute Gasteiger partial charge is 0.510 e. The van der Waals surface area contributed by atoms with Crippen LogP contribution in [0.3, 0.4) is 0 Å². The summed E-state index contributed by atoms with van der Waals surface area (Å²) >= 11 is 0. The number of rotatable bonds is 8. The van der Waals surface area contributed by atoms with E-state index in [1.165, 1.54) is 13.0 Å². The van der Waals surface area contributed by atoms with E-state index in [1.54, 1.807) is 42.5 Å². The van der Waals surface area contributed by atoms with Gasteiger partial charge in [0.2, 0.25) is 0 Å². The summed E-state index contributed by atoms with van der Waals surface area (Å²) in [5, 5.41) is 20.5. The Bertz CT molecular complexity index is 1610. The highest BCUT2D eigenvalue weighted by molar-refractivity contribution is 6.04. The van der Waals surface area contributed by atoms with E-state index in [4.69, 9.17) is 4.74 Å². The van der Waals surface area contributed by atoms with Crippen molar-refractivity contribution >= 4 is 40.4 Å². The molecular formula is C27H23N5O5. The number of aliphatic hydroxyl groups is 1. The van der Waals surface area contributed by atoms with E-state index < -0.39 is 11.9 Å². The molecule has 186 valence electrons. The van der Waals surface area contributed by atoms with Crippen LogP contribution in [0.25, 0.3) is 17.1 Å². The number of benzene rings is 3. The molecule has 0 fully saturated rings. The van der Waals surface area contributed by atoms with Crippen LogP contribution in [0.2, 0.25) is 0 Å². The molecule has 0 unspecified atom stereocenters. The van der Waals surface area contributed by atoms with E-state index in [1.807, 2.05) is 24.3 Å². The van der Waals surface area contributed by atoms with Gasteiger partial charge >= 0.3 is 11.7 Å². The molecule has 4 rings (SSSR count). The van der Waals surface area contributed by atoms with Gasteiger partial charge in [-0.2, -0.15) is 5.11 Å². The summed E-state index contributed by atoms with van der Waals surface area (Å²) in [5.41, 5.74) is 3.05. The average Bonchev–Trinajstić information content (AvgIpc) is 3.26. The number of carbonyl (C=O) groups excluding carboxylic acids is 2. The molecule has 0 aliphatic heterocycles. The van der Waals surface area contributed by atoms with Crippen LogP contribution in [-0.2, 0) is 16.1 Å². The van der Waals surface area contributed by atoms with E-state index in [0.717, 1.165) is 11.1 Å². The molecule has 0 aliphatic carbocycles. The van der Waals surface area contributed by atoms with Crippen LogP contribution in [-0.4, -0.2) is 27.0 Å². The summed E-state index contributed by atoms with van der Waals surface area (Å²) in [6.07, 6.45) is 1.71. The van der Waals surface area contributed by atoms with Gasteiger partial charge in [-0.15, -0.1) is 5.11 Å². The molecule has 0 saturated heterocycles. The van der Waals surface area contributed by atoms with Crippen molar-refractivity contribution in [3.05, 3.63) is 112 Å². The summed E-state index contributed by atoms with van der Waals surface area (Å²) in [6, 6.07) is 18.5. The molecule has 0 spiro atoms. The van der Waals surface area contributed by atoms with Crippen LogP contribution < -0.4 is 11.0 Å². The van der Waals surface area contributed by atoms with Crippen LogP contribution in [0.15, 0.2) is 99.8 Å². The van der Waals surface area contributed by atoms with E-state index in [9.17, 15) is 19.5 Å². The molecular weight excluding hydrogens is 474 g/mol. The third-order valence-corrected chi connectivity index (χ3v) is 5.24. The second-order valence-corrected chi connectivity index (χ2v) is 8.00. The minimum absolute atomic E-state index is 0.0887. The molecule has 1 heterocycles. The number of nitrogens with zero attached hydrogens (tertiary/aromatic N) is 2. The van der Waals surface area contributed by atoms with Gasteiger partial charge in [-0.3, -0.25) is 4.79 Å². The molecule has 0 bridgehead atoms. The first-order valence-corrected chi connectivity index (χ1v) is 11.2. The van der Waals surface area contributed by atoms with Crippen LogP contribution in [0.1, 0.15) is 28.4 Å². The smallest absolute Gasteiger partial charge is 0.338 e. The zero-order valence-electron chi connectivity index (χ0n) is 19.8. The molecule has 37 heavy (non-hydrogen) atoms. The number of aromatic nitrogens is 2. The Morgan fingerprint density at radius 1 is 1.05 bits per heavy atom.